The topological polar surface area (TPSA) is 49.4 Å². The number of carbonyl (C=O) groups excluding carboxylic acids is 2. The Balaban J connectivity index is 1.53. The zero-order valence-electron chi connectivity index (χ0n) is 14.8. The fourth-order valence-corrected chi connectivity index (χ4v) is 3.28. The molecule has 2 aromatic rings. The Morgan fingerprint density at radius 1 is 1.04 bits per heavy atom. The fraction of sp³-hybridized carbons (Fsp3) is 0.333. The van der Waals surface area contributed by atoms with Crippen LogP contribution in [0.2, 0.25) is 0 Å². The molecule has 1 saturated heterocycles. The molecular formula is C21H23FN2O2. The first-order chi connectivity index (χ1) is 12.6. The lowest BCUT2D eigenvalue weighted by molar-refractivity contribution is -0.123. The van der Waals surface area contributed by atoms with Gasteiger partial charge in [0.15, 0.2) is 0 Å². The SMILES string of the molecule is CC(C(=O)NC1CCN(C(=O)c2ccccc2)CC1)c1ccccc1F. The van der Waals surface area contributed by atoms with E-state index in [1.165, 1.54) is 6.07 Å². The van der Waals surface area contributed by atoms with E-state index in [9.17, 15) is 14.0 Å². The number of nitrogens with one attached hydrogen (secondary N) is 1. The third kappa shape index (κ3) is 4.10. The summed E-state index contributed by atoms with van der Waals surface area (Å²) in [6, 6.07) is 15.6. The van der Waals surface area contributed by atoms with Gasteiger partial charge in [0.2, 0.25) is 5.91 Å². The first-order valence-electron chi connectivity index (χ1n) is 8.95. The summed E-state index contributed by atoms with van der Waals surface area (Å²) in [6.07, 6.45) is 1.41. The Labute approximate surface area is 153 Å². The monoisotopic (exact) mass is 354 g/mol. The minimum Gasteiger partial charge on any atom is -0.353 e. The largest absolute Gasteiger partial charge is 0.353 e. The van der Waals surface area contributed by atoms with E-state index in [1.807, 2.05) is 35.2 Å². The summed E-state index contributed by atoms with van der Waals surface area (Å²) in [4.78, 5) is 26.7. The predicted molar refractivity (Wildman–Crippen MR) is 98.3 cm³/mol. The summed E-state index contributed by atoms with van der Waals surface area (Å²) in [7, 11) is 0. The number of halogens is 1. The number of benzene rings is 2. The molecule has 5 heteroatoms. The van der Waals surface area contributed by atoms with Crippen LogP contribution in [0, 0.1) is 5.82 Å². The summed E-state index contributed by atoms with van der Waals surface area (Å²) < 4.78 is 13.9. The zero-order valence-corrected chi connectivity index (χ0v) is 14.8. The second kappa shape index (κ2) is 8.13. The van der Waals surface area contributed by atoms with Crippen LogP contribution in [-0.4, -0.2) is 35.8 Å². The van der Waals surface area contributed by atoms with Gasteiger partial charge in [0.25, 0.3) is 5.91 Å². The van der Waals surface area contributed by atoms with Crippen molar-refractivity contribution in [3.63, 3.8) is 0 Å². The quantitative estimate of drug-likeness (QED) is 0.915. The van der Waals surface area contributed by atoms with E-state index in [1.54, 1.807) is 25.1 Å². The van der Waals surface area contributed by atoms with Crippen LogP contribution >= 0.6 is 0 Å². The van der Waals surface area contributed by atoms with E-state index in [2.05, 4.69) is 5.32 Å². The summed E-state index contributed by atoms with van der Waals surface area (Å²) in [5.41, 5.74) is 1.09. The Morgan fingerprint density at radius 3 is 2.31 bits per heavy atom. The first kappa shape index (κ1) is 18.1. The molecule has 0 saturated carbocycles. The van der Waals surface area contributed by atoms with Crippen molar-refractivity contribution in [1.29, 1.82) is 0 Å². The lowest BCUT2D eigenvalue weighted by Gasteiger charge is -2.33. The third-order valence-corrected chi connectivity index (χ3v) is 4.91. The van der Waals surface area contributed by atoms with Gasteiger partial charge in [0.05, 0.1) is 5.92 Å². The van der Waals surface area contributed by atoms with Gasteiger partial charge in [-0.1, -0.05) is 36.4 Å². The molecule has 0 radical (unpaired) electrons. The van der Waals surface area contributed by atoms with Crippen LogP contribution in [0.5, 0.6) is 0 Å². The highest BCUT2D eigenvalue weighted by atomic mass is 19.1. The summed E-state index contributed by atoms with van der Waals surface area (Å²) in [6.45, 7) is 2.92. The van der Waals surface area contributed by atoms with E-state index >= 15 is 0 Å². The van der Waals surface area contributed by atoms with Gasteiger partial charge in [-0.3, -0.25) is 9.59 Å². The maximum atomic E-state index is 13.9. The van der Waals surface area contributed by atoms with Crippen molar-refractivity contribution in [1.82, 2.24) is 10.2 Å². The molecule has 1 N–H and O–H groups in total. The van der Waals surface area contributed by atoms with Gasteiger partial charge in [-0.25, -0.2) is 4.39 Å². The standard InChI is InChI=1S/C21H23FN2O2/c1-15(18-9-5-6-10-19(18)22)20(25)23-17-11-13-24(14-12-17)21(26)16-7-3-2-4-8-16/h2-10,15,17H,11-14H2,1H3,(H,23,25). The van der Waals surface area contributed by atoms with Gasteiger partial charge < -0.3 is 10.2 Å². The number of piperidine rings is 1. The van der Waals surface area contributed by atoms with Gasteiger partial charge in [-0.05, 0) is 43.5 Å². The average Bonchev–Trinajstić information content (AvgIpc) is 2.68. The molecule has 1 aliphatic heterocycles. The molecule has 1 unspecified atom stereocenters. The molecule has 0 spiro atoms. The van der Waals surface area contributed by atoms with Crippen LogP contribution in [0.1, 0.15) is 41.6 Å². The molecule has 4 nitrogen and oxygen atoms in total. The number of amides is 2. The summed E-state index contributed by atoms with van der Waals surface area (Å²) in [5.74, 6) is -1.06. The second-order valence-corrected chi connectivity index (χ2v) is 6.68. The number of hydrogen-bond acceptors (Lipinski definition) is 2. The number of rotatable bonds is 4. The van der Waals surface area contributed by atoms with Crippen LogP contribution < -0.4 is 5.32 Å². The van der Waals surface area contributed by atoms with Crippen LogP contribution in [0.15, 0.2) is 54.6 Å². The highest BCUT2D eigenvalue weighted by Crippen LogP contribution is 2.20. The maximum absolute atomic E-state index is 13.9. The highest BCUT2D eigenvalue weighted by molar-refractivity contribution is 5.94. The minimum absolute atomic E-state index is 0.0107. The highest BCUT2D eigenvalue weighted by Gasteiger charge is 2.26. The van der Waals surface area contributed by atoms with Crippen LogP contribution in [0.25, 0.3) is 0 Å². The smallest absolute Gasteiger partial charge is 0.253 e. The molecule has 2 amide bonds. The second-order valence-electron chi connectivity index (χ2n) is 6.68. The molecule has 1 heterocycles. The molecular weight excluding hydrogens is 331 g/mol. The Kier molecular flexibility index (Phi) is 5.66. The van der Waals surface area contributed by atoms with Crippen molar-refractivity contribution < 1.29 is 14.0 Å². The number of carbonyl (C=O) groups is 2. The van der Waals surface area contributed by atoms with Crippen molar-refractivity contribution >= 4 is 11.8 Å². The Hall–Kier alpha value is -2.69. The lowest BCUT2D eigenvalue weighted by atomic mass is 9.98. The van der Waals surface area contributed by atoms with Crippen molar-refractivity contribution in [2.45, 2.75) is 31.7 Å². The van der Waals surface area contributed by atoms with E-state index < -0.39 is 5.92 Å². The normalized spacial score (nSPS) is 16.2. The zero-order chi connectivity index (χ0) is 18.5. The predicted octanol–water partition coefficient (Wildman–Crippen LogP) is 3.35. The molecule has 26 heavy (non-hydrogen) atoms. The minimum atomic E-state index is -0.541. The third-order valence-electron chi connectivity index (χ3n) is 4.91. The maximum Gasteiger partial charge on any atom is 0.253 e. The average molecular weight is 354 g/mol. The van der Waals surface area contributed by atoms with Crippen molar-refractivity contribution in [3.05, 3.63) is 71.5 Å². The van der Waals surface area contributed by atoms with Gasteiger partial charge in [-0.15, -0.1) is 0 Å². The molecule has 136 valence electrons. The van der Waals surface area contributed by atoms with Crippen LogP contribution in [-0.2, 0) is 4.79 Å². The fourth-order valence-electron chi connectivity index (χ4n) is 3.28. The molecule has 0 aliphatic carbocycles. The Morgan fingerprint density at radius 2 is 1.65 bits per heavy atom. The molecule has 0 aromatic heterocycles. The molecule has 0 bridgehead atoms. The van der Waals surface area contributed by atoms with Crippen molar-refractivity contribution in [2.75, 3.05) is 13.1 Å². The van der Waals surface area contributed by atoms with Crippen molar-refractivity contribution in [3.8, 4) is 0 Å². The van der Waals surface area contributed by atoms with E-state index in [-0.39, 0.29) is 23.7 Å². The van der Waals surface area contributed by atoms with E-state index in [4.69, 9.17) is 0 Å². The number of nitrogens with zero attached hydrogens (tertiary/aromatic N) is 1. The lowest BCUT2D eigenvalue weighted by Crippen LogP contribution is -2.47. The summed E-state index contributed by atoms with van der Waals surface area (Å²) >= 11 is 0. The van der Waals surface area contributed by atoms with Crippen LogP contribution in [0.3, 0.4) is 0 Å². The summed E-state index contributed by atoms with van der Waals surface area (Å²) in [5, 5.41) is 3.00. The van der Waals surface area contributed by atoms with Gasteiger partial charge in [0, 0.05) is 24.7 Å². The number of hydrogen-bond donors (Lipinski definition) is 1. The van der Waals surface area contributed by atoms with Gasteiger partial charge in [-0.2, -0.15) is 0 Å². The van der Waals surface area contributed by atoms with Gasteiger partial charge in [0.1, 0.15) is 5.82 Å². The Bertz CT molecular complexity index is 771. The molecule has 1 aliphatic rings. The van der Waals surface area contributed by atoms with E-state index in [0.717, 1.165) is 0 Å². The van der Waals surface area contributed by atoms with Crippen molar-refractivity contribution in [2.24, 2.45) is 0 Å². The van der Waals surface area contributed by atoms with Crippen LogP contribution in [0.4, 0.5) is 4.39 Å². The molecule has 2 aromatic carbocycles. The van der Waals surface area contributed by atoms with Gasteiger partial charge >= 0.3 is 0 Å². The van der Waals surface area contributed by atoms with E-state index in [0.29, 0.717) is 37.1 Å². The molecule has 3 rings (SSSR count). The molecule has 1 atom stereocenters. The number of likely N-dealkylation sites (tertiary alicyclic amines) is 1. The first-order valence-corrected chi connectivity index (χ1v) is 8.95. The molecule has 1 fully saturated rings.